The zero-order chi connectivity index (χ0) is 13.0. The fraction of sp³-hybridized carbons (Fsp3) is 0.273. The number of rotatable bonds is 4. The molecule has 2 amide bonds. The molecule has 0 fully saturated rings. The largest absolute Gasteiger partial charge is 0.370 e. The molecule has 1 atom stereocenters. The predicted octanol–water partition coefficient (Wildman–Crippen LogP) is 1.21. The van der Waals surface area contributed by atoms with Gasteiger partial charge in [-0.15, -0.1) is 12.4 Å². The van der Waals surface area contributed by atoms with Crippen LogP contribution >= 0.6 is 24.0 Å². The van der Waals surface area contributed by atoms with Gasteiger partial charge in [0.25, 0.3) is 0 Å². The third-order valence-corrected chi connectivity index (χ3v) is 2.44. The lowest BCUT2D eigenvalue weighted by atomic mass is 10.1. The van der Waals surface area contributed by atoms with Crippen LogP contribution in [0, 0.1) is 6.92 Å². The first-order chi connectivity index (χ1) is 7.90. The molecule has 5 N–H and O–H groups in total. The van der Waals surface area contributed by atoms with Crippen LogP contribution in [0.3, 0.4) is 0 Å². The Morgan fingerprint density at radius 3 is 2.56 bits per heavy atom. The average molecular weight is 292 g/mol. The van der Waals surface area contributed by atoms with Crippen LogP contribution in [0.4, 0.5) is 5.69 Å². The normalized spacial score (nSPS) is 11.3. The summed E-state index contributed by atoms with van der Waals surface area (Å²) in [6, 6.07) is 4.11. The highest BCUT2D eigenvalue weighted by Crippen LogP contribution is 2.19. The third kappa shape index (κ3) is 4.91. The van der Waals surface area contributed by atoms with E-state index in [1.807, 2.05) is 0 Å². The summed E-state index contributed by atoms with van der Waals surface area (Å²) in [5, 5.41) is 3.20. The first kappa shape index (κ1) is 16.7. The molecule has 1 aromatic rings. The average Bonchev–Trinajstić information content (AvgIpc) is 2.21. The number of hydrogen-bond acceptors (Lipinski definition) is 3. The fourth-order valence-electron chi connectivity index (χ4n) is 1.30. The molecule has 0 aliphatic heterocycles. The first-order valence-electron chi connectivity index (χ1n) is 5.01. The Kier molecular flexibility index (Phi) is 6.68. The van der Waals surface area contributed by atoms with Crippen molar-refractivity contribution in [1.29, 1.82) is 0 Å². The monoisotopic (exact) mass is 291 g/mol. The van der Waals surface area contributed by atoms with E-state index < -0.39 is 17.9 Å². The van der Waals surface area contributed by atoms with Gasteiger partial charge in [0.05, 0.1) is 12.5 Å². The fourth-order valence-corrected chi connectivity index (χ4v) is 1.53. The van der Waals surface area contributed by atoms with Crippen LogP contribution < -0.4 is 16.8 Å². The minimum atomic E-state index is -0.942. The summed E-state index contributed by atoms with van der Waals surface area (Å²) < 4.78 is 0. The van der Waals surface area contributed by atoms with Gasteiger partial charge in [-0.3, -0.25) is 9.59 Å². The maximum Gasteiger partial charge on any atom is 0.241 e. The van der Waals surface area contributed by atoms with Crippen LogP contribution in [-0.4, -0.2) is 17.9 Å². The Balaban J connectivity index is 0.00000289. The van der Waals surface area contributed by atoms with Gasteiger partial charge in [0, 0.05) is 10.7 Å². The van der Waals surface area contributed by atoms with Crippen molar-refractivity contribution >= 4 is 41.5 Å². The summed E-state index contributed by atoms with van der Waals surface area (Å²) in [6.07, 6.45) is -0.182. The summed E-state index contributed by atoms with van der Waals surface area (Å²) in [6.45, 7) is 1.81. The number of anilines is 1. The molecule has 0 heterocycles. The van der Waals surface area contributed by atoms with Gasteiger partial charge >= 0.3 is 0 Å². The second-order valence-electron chi connectivity index (χ2n) is 3.73. The Labute approximate surface area is 116 Å². The van der Waals surface area contributed by atoms with Gasteiger partial charge in [0.1, 0.15) is 0 Å². The van der Waals surface area contributed by atoms with Crippen LogP contribution in [0.1, 0.15) is 12.0 Å². The van der Waals surface area contributed by atoms with E-state index in [0.717, 1.165) is 5.56 Å². The minimum absolute atomic E-state index is 0. The van der Waals surface area contributed by atoms with Crippen molar-refractivity contribution in [2.75, 3.05) is 5.32 Å². The second-order valence-corrected chi connectivity index (χ2v) is 4.16. The summed E-state index contributed by atoms with van der Waals surface area (Å²) in [4.78, 5) is 22.2. The number of carbonyl (C=O) groups is 2. The molecule has 0 saturated heterocycles. The van der Waals surface area contributed by atoms with Crippen LogP contribution in [0.5, 0.6) is 0 Å². The summed E-state index contributed by atoms with van der Waals surface area (Å²) in [5.74, 6) is -1.06. The summed E-state index contributed by atoms with van der Waals surface area (Å²) in [7, 11) is 0. The third-order valence-electron chi connectivity index (χ3n) is 2.20. The number of hydrogen-bond donors (Lipinski definition) is 3. The lowest BCUT2D eigenvalue weighted by Gasteiger charge is -2.12. The molecule has 0 aromatic heterocycles. The van der Waals surface area contributed by atoms with Gasteiger partial charge < -0.3 is 16.8 Å². The molecule has 0 aliphatic rings. The molecule has 18 heavy (non-hydrogen) atoms. The second kappa shape index (κ2) is 7.20. The number of nitrogens with one attached hydrogen (secondary N) is 1. The minimum Gasteiger partial charge on any atom is -0.370 e. The van der Waals surface area contributed by atoms with Crippen LogP contribution in [0.2, 0.25) is 5.02 Å². The quantitative estimate of drug-likeness (QED) is 0.778. The van der Waals surface area contributed by atoms with Gasteiger partial charge in [-0.05, 0) is 30.7 Å². The number of primary amides is 1. The molecule has 5 nitrogen and oxygen atoms in total. The Bertz CT molecular complexity index is 452. The van der Waals surface area contributed by atoms with Crippen molar-refractivity contribution in [3.05, 3.63) is 28.8 Å². The van der Waals surface area contributed by atoms with E-state index in [1.54, 1.807) is 25.1 Å². The van der Waals surface area contributed by atoms with Crippen molar-refractivity contribution in [2.24, 2.45) is 11.5 Å². The van der Waals surface area contributed by atoms with Crippen molar-refractivity contribution in [2.45, 2.75) is 19.4 Å². The zero-order valence-corrected chi connectivity index (χ0v) is 11.3. The van der Waals surface area contributed by atoms with E-state index in [0.29, 0.717) is 10.7 Å². The standard InChI is InChI=1S/C11H14ClN3O2.ClH/c1-6-4-7(12)2-3-9(6)15-11(17)8(13)5-10(14)16;/h2-4,8H,5,13H2,1H3,(H2,14,16)(H,15,17);1H. The summed E-state index contributed by atoms with van der Waals surface area (Å²) >= 11 is 5.79. The molecule has 0 saturated carbocycles. The SMILES string of the molecule is Cc1cc(Cl)ccc1NC(=O)C(N)CC(N)=O.Cl. The molecule has 1 rings (SSSR count). The van der Waals surface area contributed by atoms with E-state index in [2.05, 4.69) is 5.32 Å². The molecular formula is C11H15Cl2N3O2. The molecule has 7 heteroatoms. The molecule has 0 aliphatic carbocycles. The number of amides is 2. The zero-order valence-electron chi connectivity index (χ0n) is 9.77. The highest BCUT2D eigenvalue weighted by Gasteiger charge is 2.16. The van der Waals surface area contributed by atoms with E-state index in [9.17, 15) is 9.59 Å². The lowest BCUT2D eigenvalue weighted by molar-refractivity contribution is -0.123. The highest BCUT2D eigenvalue weighted by atomic mass is 35.5. The Hall–Kier alpha value is -1.30. The number of halogens is 2. The molecule has 0 radical (unpaired) electrons. The lowest BCUT2D eigenvalue weighted by Crippen LogP contribution is -2.39. The Morgan fingerprint density at radius 2 is 2.06 bits per heavy atom. The smallest absolute Gasteiger partial charge is 0.241 e. The van der Waals surface area contributed by atoms with Crippen molar-refractivity contribution < 1.29 is 9.59 Å². The number of carbonyl (C=O) groups excluding carboxylic acids is 2. The number of benzene rings is 1. The topological polar surface area (TPSA) is 98.2 Å². The predicted molar refractivity (Wildman–Crippen MR) is 73.9 cm³/mol. The van der Waals surface area contributed by atoms with Gasteiger partial charge in [0.15, 0.2) is 0 Å². The summed E-state index contributed by atoms with van der Waals surface area (Å²) in [5.41, 5.74) is 11.9. The van der Waals surface area contributed by atoms with E-state index in [-0.39, 0.29) is 18.8 Å². The molecular weight excluding hydrogens is 277 g/mol. The van der Waals surface area contributed by atoms with E-state index >= 15 is 0 Å². The van der Waals surface area contributed by atoms with E-state index in [4.69, 9.17) is 23.1 Å². The van der Waals surface area contributed by atoms with Crippen molar-refractivity contribution in [1.82, 2.24) is 0 Å². The number of nitrogens with two attached hydrogens (primary N) is 2. The molecule has 0 spiro atoms. The van der Waals surface area contributed by atoms with Crippen LogP contribution in [0.25, 0.3) is 0 Å². The van der Waals surface area contributed by atoms with Crippen LogP contribution in [-0.2, 0) is 9.59 Å². The van der Waals surface area contributed by atoms with Crippen LogP contribution in [0.15, 0.2) is 18.2 Å². The number of aryl methyl sites for hydroxylation is 1. The molecule has 1 aromatic carbocycles. The molecule has 0 bridgehead atoms. The van der Waals surface area contributed by atoms with Gasteiger partial charge in [0.2, 0.25) is 11.8 Å². The maximum absolute atomic E-state index is 11.6. The van der Waals surface area contributed by atoms with Gasteiger partial charge in [-0.2, -0.15) is 0 Å². The van der Waals surface area contributed by atoms with Crippen molar-refractivity contribution in [3.63, 3.8) is 0 Å². The van der Waals surface area contributed by atoms with Crippen molar-refractivity contribution in [3.8, 4) is 0 Å². The van der Waals surface area contributed by atoms with E-state index in [1.165, 1.54) is 0 Å². The van der Waals surface area contributed by atoms with Gasteiger partial charge in [-0.25, -0.2) is 0 Å². The molecule has 100 valence electrons. The Morgan fingerprint density at radius 1 is 1.44 bits per heavy atom. The maximum atomic E-state index is 11.6. The molecule has 1 unspecified atom stereocenters. The highest BCUT2D eigenvalue weighted by molar-refractivity contribution is 6.30. The van der Waals surface area contributed by atoms with Gasteiger partial charge in [-0.1, -0.05) is 11.6 Å². The first-order valence-corrected chi connectivity index (χ1v) is 5.39.